The van der Waals surface area contributed by atoms with Crippen LogP contribution in [0.2, 0.25) is 0 Å². The Labute approximate surface area is 190 Å². The second-order valence-electron chi connectivity index (χ2n) is 9.03. The molecule has 0 aliphatic carbocycles. The maximum Gasteiger partial charge on any atom is 0.253 e. The van der Waals surface area contributed by atoms with Gasteiger partial charge >= 0.3 is 0 Å². The van der Waals surface area contributed by atoms with Gasteiger partial charge in [-0.2, -0.15) is 4.31 Å². The van der Waals surface area contributed by atoms with Crippen LogP contribution in [0.3, 0.4) is 0 Å². The van der Waals surface area contributed by atoms with Crippen molar-refractivity contribution in [1.29, 1.82) is 0 Å². The number of hydrogen-bond donors (Lipinski definition) is 1. The summed E-state index contributed by atoms with van der Waals surface area (Å²) in [6.07, 6.45) is 3.10. The number of likely N-dealkylation sites (tertiary alicyclic amines) is 1. The molecule has 4 rings (SSSR count). The van der Waals surface area contributed by atoms with Crippen molar-refractivity contribution in [3.05, 3.63) is 71.3 Å². The van der Waals surface area contributed by atoms with Crippen molar-refractivity contribution in [2.75, 3.05) is 19.7 Å². The molecule has 32 heavy (non-hydrogen) atoms. The van der Waals surface area contributed by atoms with Gasteiger partial charge in [0.15, 0.2) is 0 Å². The maximum absolute atomic E-state index is 13.4. The summed E-state index contributed by atoms with van der Waals surface area (Å²) in [4.78, 5) is 14.6. The normalized spacial score (nSPS) is 24.4. The number of piperidine rings is 1. The van der Waals surface area contributed by atoms with Gasteiger partial charge in [0.05, 0.1) is 0 Å². The SMILES string of the molecule is C[C@H]1CCC(c2ccccc2)S(=O)(=O)N1Cc1ccc(C(=O)N2CCC(CO)CC2)cc1. The molecular formula is C25H32N2O4S. The number of amides is 1. The highest BCUT2D eigenvalue weighted by Gasteiger charge is 2.40. The number of carbonyl (C=O) groups is 1. The second-order valence-corrected chi connectivity index (χ2v) is 11.1. The summed E-state index contributed by atoms with van der Waals surface area (Å²) in [6, 6.07) is 16.7. The molecule has 2 heterocycles. The summed E-state index contributed by atoms with van der Waals surface area (Å²) < 4.78 is 28.4. The van der Waals surface area contributed by atoms with E-state index in [-0.39, 0.29) is 24.5 Å². The first kappa shape index (κ1) is 23.0. The Balaban J connectivity index is 1.46. The Morgan fingerprint density at radius 1 is 0.969 bits per heavy atom. The fourth-order valence-corrected chi connectivity index (χ4v) is 6.98. The number of nitrogens with zero attached hydrogens (tertiary/aromatic N) is 2. The third-order valence-electron chi connectivity index (χ3n) is 6.90. The standard InChI is InChI=1S/C25H32N2O4S/c1-19-7-12-24(22-5-3-2-4-6-22)32(30,31)27(19)17-20-8-10-23(11-9-20)25(29)26-15-13-21(18-28)14-16-26/h2-6,8-11,19,21,24,28H,7,12-18H2,1H3/t19-,24?/m0/s1. The molecular weight excluding hydrogens is 424 g/mol. The lowest BCUT2D eigenvalue weighted by Crippen LogP contribution is -2.44. The minimum absolute atomic E-state index is 0.00366. The molecule has 2 aromatic carbocycles. The Morgan fingerprint density at radius 2 is 1.62 bits per heavy atom. The van der Waals surface area contributed by atoms with Gasteiger partial charge in [-0.25, -0.2) is 8.42 Å². The molecule has 172 valence electrons. The molecule has 6 nitrogen and oxygen atoms in total. The van der Waals surface area contributed by atoms with Gasteiger partial charge in [-0.1, -0.05) is 42.5 Å². The van der Waals surface area contributed by atoms with Crippen molar-refractivity contribution in [1.82, 2.24) is 9.21 Å². The molecule has 2 fully saturated rings. The van der Waals surface area contributed by atoms with E-state index in [1.807, 2.05) is 54.3 Å². The summed E-state index contributed by atoms with van der Waals surface area (Å²) in [6.45, 7) is 3.78. The molecule has 0 radical (unpaired) electrons. The maximum atomic E-state index is 13.4. The zero-order valence-corrected chi connectivity index (χ0v) is 19.4. The Kier molecular flexibility index (Phi) is 6.98. The molecule has 0 spiro atoms. The van der Waals surface area contributed by atoms with Crippen molar-refractivity contribution < 1.29 is 18.3 Å². The summed E-state index contributed by atoms with van der Waals surface area (Å²) in [5.41, 5.74) is 2.34. The van der Waals surface area contributed by atoms with Crippen molar-refractivity contribution in [3.8, 4) is 0 Å². The topological polar surface area (TPSA) is 77.9 Å². The smallest absolute Gasteiger partial charge is 0.253 e. The van der Waals surface area contributed by atoms with Crippen LogP contribution in [-0.2, 0) is 16.6 Å². The summed E-state index contributed by atoms with van der Waals surface area (Å²) in [5.74, 6) is 0.283. The quantitative estimate of drug-likeness (QED) is 0.746. The predicted octanol–water partition coefficient (Wildman–Crippen LogP) is 3.59. The lowest BCUT2D eigenvalue weighted by molar-refractivity contribution is 0.0651. The van der Waals surface area contributed by atoms with E-state index in [0.29, 0.717) is 31.6 Å². The van der Waals surface area contributed by atoms with Crippen LogP contribution in [0.4, 0.5) is 0 Å². The van der Waals surface area contributed by atoms with Crippen LogP contribution < -0.4 is 0 Å². The first-order valence-corrected chi connectivity index (χ1v) is 12.9. The highest BCUT2D eigenvalue weighted by molar-refractivity contribution is 7.89. The van der Waals surface area contributed by atoms with Crippen LogP contribution in [-0.4, -0.2) is 54.4 Å². The third-order valence-corrected chi connectivity index (χ3v) is 9.26. The van der Waals surface area contributed by atoms with E-state index in [1.165, 1.54) is 0 Å². The van der Waals surface area contributed by atoms with E-state index >= 15 is 0 Å². The van der Waals surface area contributed by atoms with E-state index in [9.17, 15) is 18.3 Å². The average Bonchev–Trinajstić information content (AvgIpc) is 2.82. The van der Waals surface area contributed by atoms with E-state index in [2.05, 4.69) is 0 Å². The van der Waals surface area contributed by atoms with Gasteiger partial charge in [0.1, 0.15) is 5.25 Å². The molecule has 2 atom stereocenters. The van der Waals surface area contributed by atoms with Gasteiger partial charge in [0, 0.05) is 37.8 Å². The number of aliphatic hydroxyl groups is 1. The molecule has 7 heteroatoms. The lowest BCUT2D eigenvalue weighted by atomic mass is 9.97. The average molecular weight is 457 g/mol. The number of sulfonamides is 1. The summed E-state index contributed by atoms with van der Waals surface area (Å²) in [5, 5.41) is 8.77. The van der Waals surface area contributed by atoms with E-state index in [4.69, 9.17) is 0 Å². The van der Waals surface area contributed by atoms with Crippen molar-refractivity contribution in [2.45, 2.75) is 50.4 Å². The van der Waals surface area contributed by atoms with Crippen LogP contribution in [0.25, 0.3) is 0 Å². The molecule has 0 saturated carbocycles. The van der Waals surface area contributed by atoms with Crippen LogP contribution in [0, 0.1) is 5.92 Å². The van der Waals surface area contributed by atoms with Crippen LogP contribution in [0.15, 0.2) is 54.6 Å². The van der Waals surface area contributed by atoms with Gasteiger partial charge in [-0.3, -0.25) is 4.79 Å². The molecule has 2 aromatic rings. The molecule has 1 amide bonds. The van der Waals surface area contributed by atoms with Gasteiger partial charge in [-0.05, 0) is 61.8 Å². The molecule has 1 N–H and O–H groups in total. The first-order valence-electron chi connectivity index (χ1n) is 11.4. The fraction of sp³-hybridized carbons (Fsp3) is 0.480. The van der Waals surface area contributed by atoms with Crippen LogP contribution >= 0.6 is 0 Å². The monoisotopic (exact) mass is 456 g/mol. The number of aliphatic hydroxyl groups excluding tert-OH is 1. The highest BCUT2D eigenvalue weighted by Crippen LogP contribution is 2.38. The largest absolute Gasteiger partial charge is 0.396 e. The number of carbonyl (C=O) groups excluding carboxylic acids is 1. The number of benzene rings is 2. The van der Waals surface area contributed by atoms with Gasteiger partial charge < -0.3 is 10.0 Å². The van der Waals surface area contributed by atoms with E-state index in [0.717, 1.165) is 30.4 Å². The second kappa shape index (κ2) is 9.73. The van der Waals surface area contributed by atoms with Gasteiger partial charge in [-0.15, -0.1) is 0 Å². The van der Waals surface area contributed by atoms with Crippen molar-refractivity contribution in [2.24, 2.45) is 5.92 Å². The predicted molar refractivity (Wildman–Crippen MR) is 124 cm³/mol. The zero-order chi connectivity index (χ0) is 22.7. The summed E-state index contributed by atoms with van der Waals surface area (Å²) >= 11 is 0. The minimum atomic E-state index is -3.48. The van der Waals surface area contributed by atoms with Crippen LogP contribution in [0.5, 0.6) is 0 Å². The number of hydrogen-bond acceptors (Lipinski definition) is 4. The minimum Gasteiger partial charge on any atom is -0.396 e. The van der Waals surface area contributed by atoms with Gasteiger partial charge in [0.25, 0.3) is 5.91 Å². The first-order chi connectivity index (χ1) is 15.4. The van der Waals surface area contributed by atoms with Crippen molar-refractivity contribution >= 4 is 15.9 Å². The van der Waals surface area contributed by atoms with E-state index in [1.54, 1.807) is 16.4 Å². The molecule has 2 aliphatic rings. The van der Waals surface area contributed by atoms with Crippen LogP contribution in [0.1, 0.15) is 59.3 Å². The molecule has 2 aliphatic heterocycles. The molecule has 2 saturated heterocycles. The Morgan fingerprint density at radius 3 is 2.25 bits per heavy atom. The Bertz CT molecular complexity index is 1020. The molecule has 0 aromatic heterocycles. The van der Waals surface area contributed by atoms with Crippen molar-refractivity contribution in [3.63, 3.8) is 0 Å². The lowest BCUT2D eigenvalue weighted by Gasteiger charge is -2.37. The zero-order valence-electron chi connectivity index (χ0n) is 18.6. The van der Waals surface area contributed by atoms with E-state index < -0.39 is 15.3 Å². The third kappa shape index (κ3) is 4.75. The Hall–Kier alpha value is -2.22. The highest BCUT2D eigenvalue weighted by atomic mass is 32.2. The molecule has 1 unspecified atom stereocenters. The number of rotatable bonds is 5. The molecule has 0 bridgehead atoms. The summed E-state index contributed by atoms with van der Waals surface area (Å²) in [7, 11) is -3.48. The fourth-order valence-electron chi connectivity index (χ4n) is 4.79. The van der Waals surface area contributed by atoms with Gasteiger partial charge in [0.2, 0.25) is 10.0 Å².